The fourth-order valence-corrected chi connectivity index (χ4v) is 3.66. The van der Waals surface area contributed by atoms with Crippen LogP contribution >= 0.6 is 11.8 Å². The van der Waals surface area contributed by atoms with Crippen LogP contribution in [0.3, 0.4) is 0 Å². The topological polar surface area (TPSA) is 70.2 Å². The van der Waals surface area contributed by atoms with Crippen LogP contribution in [0.2, 0.25) is 0 Å². The SMILES string of the molecule is O=C(CSC1NC(=O)CC(c2ccccc2)N1)Nc1cccc(C(F)(F)F)c1. The molecule has 0 aromatic heterocycles. The monoisotopic (exact) mass is 409 g/mol. The van der Waals surface area contributed by atoms with Gasteiger partial charge in [-0.25, -0.2) is 0 Å². The van der Waals surface area contributed by atoms with E-state index in [0.717, 1.165) is 29.5 Å². The average Bonchev–Trinajstić information content (AvgIpc) is 2.66. The second-order valence-electron chi connectivity index (χ2n) is 6.22. The van der Waals surface area contributed by atoms with Crippen LogP contribution in [0.5, 0.6) is 0 Å². The zero-order valence-electron chi connectivity index (χ0n) is 14.6. The van der Waals surface area contributed by atoms with Crippen LogP contribution in [-0.2, 0) is 15.8 Å². The van der Waals surface area contributed by atoms with E-state index in [4.69, 9.17) is 0 Å². The van der Waals surface area contributed by atoms with Crippen molar-refractivity contribution in [2.45, 2.75) is 24.1 Å². The first-order chi connectivity index (χ1) is 13.3. The van der Waals surface area contributed by atoms with Crippen LogP contribution in [0.25, 0.3) is 0 Å². The van der Waals surface area contributed by atoms with E-state index >= 15 is 0 Å². The maximum Gasteiger partial charge on any atom is 0.416 e. The Labute approximate surface area is 164 Å². The lowest BCUT2D eigenvalue weighted by molar-refractivity contribution is -0.137. The van der Waals surface area contributed by atoms with Crippen LogP contribution in [0.15, 0.2) is 54.6 Å². The predicted molar refractivity (Wildman–Crippen MR) is 101 cm³/mol. The van der Waals surface area contributed by atoms with Crippen molar-refractivity contribution in [3.8, 4) is 0 Å². The number of nitrogens with one attached hydrogen (secondary N) is 3. The quantitative estimate of drug-likeness (QED) is 0.707. The fourth-order valence-electron chi connectivity index (χ4n) is 2.79. The smallest absolute Gasteiger partial charge is 0.332 e. The molecule has 2 atom stereocenters. The van der Waals surface area contributed by atoms with Crippen molar-refractivity contribution in [2.75, 3.05) is 11.1 Å². The highest BCUT2D eigenvalue weighted by atomic mass is 32.2. The van der Waals surface area contributed by atoms with Gasteiger partial charge in [-0.05, 0) is 23.8 Å². The number of rotatable bonds is 5. The van der Waals surface area contributed by atoms with Crippen LogP contribution in [0, 0.1) is 0 Å². The number of hydrogen-bond donors (Lipinski definition) is 3. The molecule has 3 N–H and O–H groups in total. The highest BCUT2D eigenvalue weighted by Crippen LogP contribution is 2.30. The Morgan fingerprint density at radius 1 is 1.14 bits per heavy atom. The Balaban J connectivity index is 1.55. The van der Waals surface area contributed by atoms with Gasteiger partial charge in [-0.1, -0.05) is 36.4 Å². The highest BCUT2D eigenvalue weighted by Gasteiger charge is 2.30. The molecular weight excluding hydrogens is 391 g/mol. The molecule has 0 radical (unpaired) electrons. The van der Waals surface area contributed by atoms with E-state index in [1.165, 1.54) is 12.1 Å². The summed E-state index contributed by atoms with van der Waals surface area (Å²) in [5.41, 5.74) is -0.261. The molecule has 2 aromatic carbocycles. The summed E-state index contributed by atoms with van der Waals surface area (Å²) in [6.07, 6.45) is -4.18. The van der Waals surface area contributed by atoms with E-state index in [1.807, 2.05) is 30.3 Å². The van der Waals surface area contributed by atoms with Crippen LogP contribution < -0.4 is 16.0 Å². The van der Waals surface area contributed by atoms with E-state index in [0.29, 0.717) is 0 Å². The van der Waals surface area contributed by atoms with Crippen molar-refractivity contribution in [3.63, 3.8) is 0 Å². The second-order valence-corrected chi connectivity index (χ2v) is 7.31. The first-order valence-corrected chi connectivity index (χ1v) is 9.55. The Hall–Kier alpha value is -2.52. The molecule has 1 saturated heterocycles. The molecular formula is C19H18F3N3O2S. The lowest BCUT2D eigenvalue weighted by Crippen LogP contribution is -2.51. The molecule has 5 nitrogen and oxygen atoms in total. The number of halogens is 3. The summed E-state index contributed by atoms with van der Waals surface area (Å²) >= 11 is 1.16. The zero-order valence-corrected chi connectivity index (χ0v) is 15.4. The molecule has 9 heteroatoms. The number of hydrogen-bond acceptors (Lipinski definition) is 4. The number of alkyl halides is 3. The first kappa shape index (κ1) is 20.2. The summed E-state index contributed by atoms with van der Waals surface area (Å²) in [5.74, 6) is -0.624. The molecule has 0 saturated carbocycles. The maximum absolute atomic E-state index is 12.7. The molecule has 2 unspecified atom stereocenters. The third-order valence-electron chi connectivity index (χ3n) is 4.09. The molecule has 1 aliphatic rings. The van der Waals surface area contributed by atoms with Gasteiger partial charge < -0.3 is 10.6 Å². The van der Waals surface area contributed by atoms with Crippen molar-refractivity contribution in [3.05, 3.63) is 65.7 Å². The minimum Gasteiger partial charge on any atom is -0.332 e. The van der Waals surface area contributed by atoms with Gasteiger partial charge in [-0.3, -0.25) is 14.9 Å². The Bertz CT molecular complexity index is 846. The van der Waals surface area contributed by atoms with Crippen molar-refractivity contribution >= 4 is 29.3 Å². The number of carbonyl (C=O) groups is 2. The summed E-state index contributed by atoms with van der Waals surface area (Å²) in [6, 6.07) is 13.8. The van der Waals surface area contributed by atoms with Gasteiger partial charge in [0.05, 0.1) is 11.3 Å². The maximum atomic E-state index is 12.7. The summed E-state index contributed by atoms with van der Waals surface area (Å²) in [7, 11) is 0. The number of anilines is 1. The van der Waals surface area contributed by atoms with Crippen molar-refractivity contribution in [2.24, 2.45) is 0 Å². The standard InChI is InChI=1S/C19H18F3N3O2S/c20-19(21,22)13-7-4-8-14(9-13)23-17(27)11-28-18-24-15(10-16(26)25-18)12-5-2-1-3-6-12/h1-9,15,18,24H,10-11H2,(H,23,27)(H,25,26). The number of carbonyl (C=O) groups excluding carboxylic acids is 2. The van der Waals surface area contributed by atoms with Gasteiger partial charge in [0, 0.05) is 18.2 Å². The Morgan fingerprint density at radius 2 is 1.89 bits per heavy atom. The summed E-state index contributed by atoms with van der Waals surface area (Å²) < 4.78 is 38.2. The molecule has 1 fully saturated rings. The zero-order chi connectivity index (χ0) is 20.1. The molecule has 1 aliphatic heterocycles. The van der Waals surface area contributed by atoms with Gasteiger partial charge in [-0.2, -0.15) is 13.2 Å². The largest absolute Gasteiger partial charge is 0.416 e. The lowest BCUT2D eigenvalue weighted by Gasteiger charge is -2.31. The molecule has 2 amide bonds. The first-order valence-electron chi connectivity index (χ1n) is 8.50. The highest BCUT2D eigenvalue weighted by molar-refractivity contribution is 8.00. The summed E-state index contributed by atoms with van der Waals surface area (Å²) in [4.78, 5) is 24.0. The van der Waals surface area contributed by atoms with E-state index in [2.05, 4.69) is 16.0 Å². The van der Waals surface area contributed by atoms with E-state index < -0.39 is 23.1 Å². The lowest BCUT2D eigenvalue weighted by atomic mass is 10.0. The molecule has 148 valence electrons. The normalized spacial score (nSPS) is 19.8. The Kier molecular flexibility index (Phi) is 6.25. The molecule has 3 rings (SSSR count). The molecule has 0 spiro atoms. The summed E-state index contributed by atoms with van der Waals surface area (Å²) in [6.45, 7) is 0. The number of benzene rings is 2. The predicted octanol–water partition coefficient (Wildman–Crippen LogP) is 3.51. The molecule has 1 heterocycles. The van der Waals surface area contributed by atoms with Gasteiger partial charge >= 0.3 is 6.18 Å². The Morgan fingerprint density at radius 3 is 2.61 bits per heavy atom. The second kappa shape index (κ2) is 8.66. The van der Waals surface area contributed by atoms with E-state index in [9.17, 15) is 22.8 Å². The minimum absolute atomic E-state index is 0.0320. The third kappa shape index (κ3) is 5.49. The van der Waals surface area contributed by atoms with Gasteiger partial charge in [0.1, 0.15) is 5.50 Å². The van der Waals surface area contributed by atoms with Crippen molar-refractivity contribution < 1.29 is 22.8 Å². The van der Waals surface area contributed by atoms with E-state index in [1.54, 1.807) is 0 Å². The molecule has 0 bridgehead atoms. The van der Waals surface area contributed by atoms with Crippen LogP contribution in [0.4, 0.5) is 18.9 Å². The fraction of sp³-hybridized carbons (Fsp3) is 0.263. The van der Waals surface area contributed by atoms with Crippen molar-refractivity contribution in [1.29, 1.82) is 0 Å². The van der Waals surface area contributed by atoms with Gasteiger partial charge in [0.15, 0.2) is 0 Å². The minimum atomic E-state index is -4.47. The van der Waals surface area contributed by atoms with Gasteiger partial charge in [0.2, 0.25) is 11.8 Å². The number of amides is 2. The summed E-state index contributed by atoms with van der Waals surface area (Å²) in [5, 5.41) is 8.45. The van der Waals surface area contributed by atoms with Gasteiger partial charge in [-0.15, -0.1) is 11.8 Å². The molecule has 2 aromatic rings. The molecule has 28 heavy (non-hydrogen) atoms. The number of thioether (sulfide) groups is 1. The van der Waals surface area contributed by atoms with Crippen LogP contribution in [-0.4, -0.2) is 23.1 Å². The van der Waals surface area contributed by atoms with Gasteiger partial charge in [0.25, 0.3) is 0 Å². The van der Waals surface area contributed by atoms with Crippen LogP contribution in [0.1, 0.15) is 23.6 Å². The van der Waals surface area contributed by atoms with Crippen molar-refractivity contribution in [1.82, 2.24) is 10.6 Å². The average molecular weight is 409 g/mol. The van der Waals surface area contributed by atoms with E-state index in [-0.39, 0.29) is 29.8 Å². The molecule has 0 aliphatic carbocycles. The third-order valence-corrected chi connectivity index (χ3v) is 5.11.